The van der Waals surface area contributed by atoms with E-state index in [1.165, 1.54) is 0 Å². The van der Waals surface area contributed by atoms with E-state index in [4.69, 9.17) is 4.74 Å². The van der Waals surface area contributed by atoms with Gasteiger partial charge in [-0.2, -0.15) is 0 Å². The molecule has 210 valence electrons. The molecule has 2 aromatic carbocycles. The van der Waals surface area contributed by atoms with Gasteiger partial charge in [-0.15, -0.1) is 0 Å². The summed E-state index contributed by atoms with van der Waals surface area (Å²) in [6, 6.07) is 11.4. The van der Waals surface area contributed by atoms with Gasteiger partial charge in [0.15, 0.2) is 0 Å². The number of ether oxygens (including phenoxy) is 1. The molecule has 7 nitrogen and oxygen atoms in total. The van der Waals surface area contributed by atoms with E-state index in [-0.39, 0.29) is 24.3 Å². The van der Waals surface area contributed by atoms with Crippen LogP contribution in [0.5, 0.6) is 0 Å². The van der Waals surface area contributed by atoms with E-state index < -0.39 is 17.1 Å². The number of hydrogen-bond donors (Lipinski definition) is 1. The number of aryl methyl sites for hydroxylation is 2. The number of anilines is 1. The average Bonchev–Trinajstić information content (AvgIpc) is 3.25. The molecule has 2 aliphatic heterocycles. The van der Waals surface area contributed by atoms with E-state index in [9.17, 15) is 14.4 Å². The lowest BCUT2D eigenvalue weighted by molar-refractivity contribution is -0.129. The van der Waals surface area contributed by atoms with Crippen LogP contribution in [0.25, 0.3) is 0 Å². The van der Waals surface area contributed by atoms with Crippen LogP contribution in [-0.2, 0) is 19.7 Å². The maximum atomic E-state index is 13.6. The number of benzene rings is 2. The van der Waals surface area contributed by atoms with Crippen molar-refractivity contribution in [3.8, 4) is 0 Å². The molecule has 3 amide bonds. The average molecular weight is 663 g/mol. The zero-order valence-electron chi connectivity index (χ0n) is 23.3. The number of nitrogens with one attached hydrogen (secondary N) is 1. The molecule has 2 unspecified atom stereocenters. The first-order chi connectivity index (χ1) is 18.3. The molecule has 0 bridgehead atoms. The van der Waals surface area contributed by atoms with E-state index >= 15 is 0 Å². The highest BCUT2D eigenvalue weighted by Crippen LogP contribution is 2.39. The predicted molar refractivity (Wildman–Crippen MR) is 160 cm³/mol. The van der Waals surface area contributed by atoms with Crippen molar-refractivity contribution in [1.29, 1.82) is 0 Å². The largest absolute Gasteiger partial charge is 0.444 e. The number of carbonyl (C=O) groups is 3. The van der Waals surface area contributed by atoms with Crippen LogP contribution in [0.3, 0.4) is 0 Å². The smallest absolute Gasteiger partial charge is 0.410 e. The monoisotopic (exact) mass is 661 g/mol. The van der Waals surface area contributed by atoms with E-state index in [1.54, 1.807) is 4.90 Å². The van der Waals surface area contributed by atoms with Gasteiger partial charge in [-0.25, -0.2) is 4.79 Å². The Hall–Kier alpha value is -2.39. The highest BCUT2D eigenvalue weighted by atomic mass is 79.9. The van der Waals surface area contributed by atoms with Gasteiger partial charge < -0.3 is 19.9 Å². The van der Waals surface area contributed by atoms with Crippen molar-refractivity contribution in [1.82, 2.24) is 10.2 Å². The van der Waals surface area contributed by atoms with Crippen LogP contribution in [0, 0.1) is 13.8 Å². The summed E-state index contributed by atoms with van der Waals surface area (Å²) in [5, 5.41) is 3.05. The molecule has 0 aromatic heterocycles. The number of halogens is 2. The summed E-state index contributed by atoms with van der Waals surface area (Å²) < 4.78 is 7.54. The van der Waals surface area contributed by atoms with E-state index in [1.807, 2.05) is 75.9 Å². The van der Waals surface area contributed by atoms with Crippen LogP contribution in [0.15, 0.2) is 45.3 Å². The fourth-order valence-electron chi connectivity index (χ4n) is 5.75. The summed E-state index contributed by atoms with van der Waals surface area (Å²) in [6.07, 6.45) is 1.83. The van der Waals surface area contributed by atoms with Crippen LogP contribution in [0.4, 0.5) is 10.5 Å². The maximum Gasteiger partial charge on any atom is 0.410 e. The summed E-state index contributed by atoms with van der Waals surface area (Å²) in [5.41, 5.74) is 2.77. The van der Waals surface area contributed by atoms with Crippen molar-refractivity contribution < 1.29 is 19.1 Å². The minimum absolute atomic E-state index is 0.0809. The molecule has 2 fully saturated rings. The van der Waals surface area contributed by atoms with Crippen molar-refractivity contribution in [3.05, 3.63) is 62.0 Å². The fraction of sp³-hybridized carbons (Fsp3) is 0.500. The number of likely N-dealkylation sites (tertiary alicyclic amines) is 1. The van der Waals surface area contributed by atoms with Crippen LogP contribution < -0.4 is 10.2 Å². The standard InChI is InChI=1S/C30H37Br2N3O4/c1-19-15-23(32)16-20(2)26(19)35-13-6-7-24(27(35)37)33-25(36)17-30(21-8-10-22(31)11-9-21)12-14-34(18-30)28(38)39-29(3,4)5/h8-11,15-16,24H,6-7,12-14,17-18H2,1-5H3,(H,33,36). The normalized spacial score (nSPS) is 21.7. The number of carbonyl (C=O) groups excluding carboxylic acids is 3. The third-order valence-electron chi connectivity index (χ3n) is 7.46. The van der Waals surface area contributed by atoms with Gasteiger partial charge in [-0.1, -0.05) is 44.0 Å². The zero-order chi connectivity index (χ0) is 28.5. The quantitative estimate of drug-likeness (QED) is 0.402. The molecule has 0 radical (unpaired) electrons. The Morgan fingerprint density at radius 3 is 2.31 bits per heavy atom. The van der Waals surface area contributed by atoms with Gasteiger partial charge in [0.1, 0.15) is 11.6 Å². The second-order valence-electron chi connectivity index (χ2n) is 11.8. The van der Waals surface area contributed by atoms with Gasteiger partial charge >= 0.3 is 6.09 Å². The summed E-state index contributed by atoms with van der Waals surface area (Å²) in [6.45, 7) is 11.0. The lowest BCUT2D eigenvalue weighted by atomic mass is 9.76. The minimum atomic E-state index is -0.601. The van der Waals surface area contributed by atoms with E-state index in [2.05, 4.69) is 37.2 Å². The molecule has 39 heavy (non-hydrogen) atoms. The topological polar surface area (TPSA) is 79.0 Å². The second-order valence-corrected chi connectivity index (χ2v) is 13.6. The van der Waals surface area contributed by atoms with Gasteiger partial charge in [0, 0.05) is 46.1 Å². The Labute approximate surface area is 247 Å². The summed E-state index contributed by atoms with van der Waals surface area (Å²) in [7, 11) is 0. The predicted octanol–water partition coefficient (Wildman–Crippen LogP) is 6.41. The van der Waals surface area contributed by atoms with Gasteiger partial charge in [-0.05, 0) is 94.8 Å². The summed E-state index contributed by atoms with van der Waals surface area (Å²) >= 11 is 7.03. The Morgan fingerprint density at radius 2 is 1.69 bits per heavy atom. The molecule has 0 saturated carbocycles. The van der Waals surface area contributed by atoms with Crippen molar-refractivity contribution in [2.24, 2.45) is 0 Å². The molecular formula is C30H37Br2N3O4. The van der Waals surface area contributed by atoms with Gasteiger partial charge in [-0.3, -0.25) is 9.59 Å². The van der Waals surface area contributed by atoms with Crippen molar-refractivity contribution in [3.63, 3.8) is 0 Å². The molecular weight excluding hydrogens is 626 g/mol. The van der Waals surface area contributed by atoms with E-state index in [0.29, 0.717) is 32.5 Å². The number of rotatable bonds is 5. The Morgan fingerprint density at radius 1 is 1.05 bits per heavy atom. The lowest BCUT2D eigenvalue weighted by Crippen LogP contribution is -2.53. The number of nitrogens with zero attached hydrogens (tertiary/aromatic N) is 2. The van der Waals surface area contributed by atoms with Crippen LogP contribution in [0.2, 0.25) is 0 Å². The van der Waals surface area contributed by atoms with Gasteiger partial charge in [0.05, 0.1) is 0 Å². The van der Waals surface area contributed by atoms with E-state index in [0.717, 1.165) is 37.7 Å². The highest BCUT2D eigenvalue weighted by Gasteiger charge is 2.44. The van der Waals surface area contributed by atoms with Crippen molar-refractivity contribution >= 4 is 55.5 Å². The van der Waals surface area contributed by atoms with Gasteiger partial charge in [0.2, 0.25) is 11.8 Å². The summed E-state index contributed by atoms with van der Waals surface area (Å²) in [4.78, 5) is 43.5. The molecule has 2 aromatic rings. The van der Waals surface area contributed by atoms with Crippen LogP contribution in [-0.4, -0.2) is 54.1 Å². The Bertz CT molecular complexity index is 1230. The minimum Gasteiger partial charge on any atom is -0.444 e. The molecule has 1 N–H and O–H groups in total. The molecule has 0 spiro atoms. The molecule has 0 aliphatic carbocycles. The molecule has 2 aliphatic rings. The first-order valence-corrected chi connectivity index (χ1v) is 15.0. The Kier molecular flexibility index (Phi) is 8.81. The number of hydrogen-bond acceptors (Lipinski definition) is 4. The van der Waals surface area contributed by atoms with Crippen molar-refractivity contribution in [2.45, 2.75) is 77.4 Å². The first kappa shape index (κ1) is 29.6. The van der Waals surface area contributed by atoms with Crippen molar-refractivity contribution in [2.75, 3.05) is 24.5 Å². The molecule has 2 saturated heterocycles. The second kappa shape index (κ2) is 11.6. The first-order valence-electron chi connectivity index (χ1n) is 13.4. The molecule has 2 atom stereocenters. The van der Waals surface area contributed by atoms with Gasteiger partial charge in [0.25, 0.3) is 0 Å². The molecule has 9 heteroatoms. The van der Waals surface area contributed by atoms with Crippen LogP contribution in [0.1, 0.15) is 63.1 Å². The Balaban J connectivity index is 1.52. The summed E-state index contributed by atoms with van der Waals surface area (Å²) in [5.74, 6) is -0.268. The third-order valence-corrected chi connectivity index (χ3v) is 8.45. The lowest BCUT2D eigenvalue weighted by Gasteiger charge is -2.35. The molecule has 4 rings (SSSR count). The third kappa shape index (κ3) is 6.85. The number of piperidine rings is 1. The highest BCUT2D eigenvalue weighted by molar-refractivity contribution is 9.10. The maximum absolute atomic E-state index is 13.6. The number of amides is 3. The fourth-order valence-corrected chi connectivity index (χ4v) is 6.70. The zero-order valence-corrected chi connectivity index (χ0v) is 26.4. The van der Waals surface area contributed by atoms with Crippen LogP contribution >= 0.6 is 31.9 Å². The molecule has 2 heterocycles. The SMILES string of the molecule is Cc1cc(Br)cc(C)c1N1CCCC(NC(=O)CC2(c3ccc(Br)cc3)CCN(C(=O)OC(C)(C)C)C2)C1=O.